The first-order valence-electron chi connectivity index (χ1n) is 3.63. The quantitative estimate of drug-likeness (QED) is 0.645. The number of allylic oxidation sites excluding steroid dienone is 3. The predicted molar refractivity (Wildman–Crippen MR) is 57.0 cm³/mol. The van der Waals surface area contributed by atoms with E-state index in [1.165, 1.54) is 21.3 Å². The van der Waals surface area contributed by atoms with E-state index in [2.05, 4.69) is 18.7 Å². The minimum absolute atomic E-state index is 1.22. The van der Waals surface area contributed by atoms with Gasteiger partial charge in [0.05, 0.1) is 0 Å². The van der Waals surface area contributed by atoms with Gasteiger partial charge in [-0.3, -0.25) is 0 Å². The van der Waals surface area contributed by atoms with Crippen molar-refractivity contribution >= 4 is 23.5 Å². The van der Waals surface area contributed by atoms with Crippen LogP contribution in [0.25, 0.3) is 0 Å². The highest BCUT2D eigenvalue weighted by Gasteiger charge is 2.07. The Morgan fingerprint density at radius 3 is 2.45 bits per heavy atom. The van der Waals surface area contributed by atoms with Gasteiger partial charge in [-0.25, -0.2) is 0 Å². The summed E-state index contributed by atoms with van der Waals surface area (Å²) in [5.41, 5.74) is 0. The van der Waals surface area contributed by atoms with E-state index in [1.54, 1.807) is 0 Å². The van der Waals surface area contributed by atoms with Crippen LogP contribution in [0.15, 0.2) is 34.6 Å². The van der Waals surface area contributed by atoms with Gasteiger partial charge in [-0.05, 0) is 6.92 Å². The average Bonchev–Trinajstić information content (AvgIpc) is 2.06. The number of hydrogen-bond donors (Lipinski definition) is 0. The van der Waals surface area contributed by atoms with Gasteiger partial charge in [0.1, 0.15) is 0 Å². The Morgan fingerprint density at radius 1 is 1.27 bits per heavy atom. The Morgan fingerprint density at radius 2 is 1.91 bits per heavy atom. The van der Waals surface area contributed by atoms with E-state index >= 15 is 0 Å². The van der Waals surface area contributed by atoms with Crippen LogP contribution in [0.4, 0.5) is 0 Å². The molecule has 1 aliphatic heterocycles. The second kappa shape index (κ2) is 4.73. The third-order valence-corrected chi connectivity index (χ3v) is 3.91. The van der Waals surface area contributed by atoms with Crippen LogP contribution in [0.5, 0.6) is 0 Å². The highest BCUT2D eigenvalue weighted by atomic mass is 32.2. The van der Waals surface area contributed by atoms with Crippen LogP contribution in [0.2, 0.25) is 0 Å². The molecule has 11 heavy (non-hydrogen) atoms. The van der Waals surface area contributed by atoms with Crippen molar-refractivity contribution in [3.63, 3.8) is 0 Å². The summed E-state index contributed by atoms with van der Waals surface area (Å²) >= 11 is 3.82. The molecule has 0 bridgehead atoms. The molecular formula is C9H12S2. The molecule has 0 N–H and O–H groups in total. The molecule has 0 nitrogen and oxygen atoms in total. The van der Waals surface area contributed by atoms with Crippen molar-refractivity contribution in [2.75, 3.05) is 11.5 Å². The molecule has 0 radical (unpaired) electrons. The van der Waals surface area contributed by atoms with Crippen LogP contribution in [0, 0.1) is 0 Å². The lowest BCUT2D eigenvalue weighted by molar-refractivity contribution is 1.53. The lowest BCUT2D eigenvalue weighted by Gasteiger charge is -2.13. The predicted octanol–water partition coefficient (Wildman–Crippen LogP) is 3.44. The largest absolute Gasteiger partial charge is 0.124 e. The Bertz CT molecular complexity index is 202. The number of rotatable bonds is 2. The first-order valence-corrected chi connectivity index (χ1v) is 5.60. The third-order valence-electron chi connectivity index (χ3n) is 1.34. The molecule has 0 aromatic heterocycles. The summed E-state index contributed by atoms with van der Waals surface area (Å²) in [5.74, 6) is 2.44. The first-order chi connectivity index (χ1) is 5.38. The van der Waals surface area contributed by atoms with Crippen LogP contribution >= 0.6 is 23.5 Å². The average molecular weight is 184 g/mol. The lowest BCUT2D eigenvalue weighted by atomic mass is 10.4. The molecule has 0 saturated carbocycles. The molecule has 0 atom stereocenters. The third kappa shape index (κ3) is 2.46. The van der Waals surface area contributed by atoms with E-state index in [4.69, 9.17) is 0 Å². The Labute approximate surface area is 76.8 Å². The van der Waals surface area contributed by atoms with Crippen molar-refractivity contribution in [3.8, 4) is 0 Å². The van der Waals surface area contributed by atoms with Crippen LogP contribution in [0.3, 0.4) is 0 Å². The van der Waals surface area contributed by atoms with Crippen LogP contribution < -0.4 is 0 Å². The lowest BCUT2D eigenvalue weighted by Crippen LogP contribution is -1.93. The fourth-order valence-corrected chi connectivity index (χ4v) is 3.13. The maximum atomic E-state index is 3.79. The van der Waals surface area contributed by atoms with E-state index in [-0.39, 0.29) is 0 Å². The Balaban J connectivity index is 2.81. The molecule has 2 heteroatoms. The monoisotopic (exact) mass is 184 g/mol. The minimum Gasteiger partial charge on any atom is -0.124 e. The summed E-state index contributed by atoms with van der Waals surface area (Å²) < 4.78 is 0. The van der Waals surface area contributed by atoms with Gasteiger partial charge in [0.2, 0.25) is 0 Å². The topological polar surface area (TPSA) is 0 Å². The summed E-state index contributed by atoms with van der Waals surface area (Å²) in [6.45, 7) is 5.84. The Kier molecular flexibility index (Phi) is 3.87. The van der Waals surface area contributed by atoms with E-state index in [1.807, 2.05) is 36.5 Å². The van der Waals surface area contributed by atoms with Crippen molar-refractivity contribution < 1.29 is 0 Å². The summed E-state index contributed by atoms with van der Waals surface area (Å²) in [4.78, 5) is 2.71. The zero-order chi connectivity index (χ0) is 8.10. The van der Waals surface area contributed by atoms with Gasteiger partial charge in [0, 0.05) is 21.3 Å². The zero-order valence-corrected chi connectivity index (χ0v) is 8.30. The number of hydrogen-bond acceptors (Lipinski definition) is 2. The van der Waals surface area contributed by atoms with Crippen molar-refractivity contribution in [2.45, 2.75) is 6.92 Å². The molecule has 0 aromatic rings. The van der Waals surface area contributed by atoms with Crippen molar-refractivity contribution in [1.29, 1.82) is 0 Å². The second-order valence-electron chi connectivity index (χ2n) is 2.13. The summed E-state index contributed by atoms with van der Waals surface area (Å²) in [6, 6.07) is 0. The smallest absolute Gasteiger partial charge is 0.0205 e. The van der Waals surface area contributed by atoms with Gasteiger partial charge < -0.3 is 0 Å². The molecule has 0 saturated heterocycles. The highest BCUT2D eigenvalue weighted by Crippen LogP contribution is 2.35. The molecule has 60 valence electrons. The standard InChI is InChI=1S/C9H12S2/c1-3-5-9-8(4-2)10-6-7-11-9/h3-5H,2,6-7H2,1H3/b5-3-. The minimum atomic E-state index is 1.22. The van der Waals surface area contributed by atoms with Gasteiger partial charge in [0.15, 0.2) is 0 Å². The van der Waals surface area contributed by atoms with Gasteiger partial charge in [0.25, 0.3) is 0 Å². The fraction of sp³-hybridized carbons (Fsp3) is 0.333. The molecular weight excluding hydrogens is 172 g/mol. The maximum absolute atomic E-state index is 3.79. The number of thioether (sulfide) groups is 2. The van der Waals surface area contributed by atoms with Crippen LogP contribution in [0.1, 0.15) is 6.92 Å². The molecule has 0 spiro atoms. The molecule has 0 amide bonds. The van der Waals surface area contributed by atoms with Crippen molar-refractivity contribution in [1.82, 2.24) is 0 Å². The first kappa shape index (κ1) is 9.01. The maximum Gasteiger partial charge on any atom is 0.0205 e. The molecule has 1 aliphatic rings. The molecule has 0 aromatic carbocycles. The molecule has 1 rings (SSSR count). The SMILES string of the molecule is C=CC1=C(/C=C\C)SCCS1. The van der Waals surface area contributed by atoms with Gasteiger partial charge in [-0.2, -0.15) is 0 Å². The molecule has 0 fully saturated rings. The van der Waals surface area contributed by atoms with E-state index in [0.717, 1.165) is 0 Å². The van der Waals surface area contributed by atoms with Crippen molar-refractivity contribution in [3.05, 3.63) is 34.6 Å². The highest BCUT2D eigenvalue weighted by molar-refractivity contribution is 8.10. The van der Waals surface area contributed by atoms with Crippen molar-refractivity contribution in [2.24, 2.45) is 0 Å². The summed E-state index contributed by atoms with van der Waals surface area (Å²) in [7, 11) is 0. The normalized spacial score (nSPS) is 19.4. The summed E-state index contributed by atoms with van der Waals surface area (Å²) in [5, 5.41) is 0. The van der Waals surface area contributed by atoms with Gasteiger partial charge in [-0.15, -0.1) is 23.5 Å². The molecule has 0 aliphatic carbocycles. The molecule has 1 heterocycles. The fourth-order valence-electron chi connectivity index (χ4n) is 0.887. The Hall–Kier alpha value is -0.0800. The zero-order valence-electron chi connectivity index (χ0n) is 6.67. The van der Waals surface area contributed by atoms with E-state index in [9.17, 15) is 0 Å². The van der Waals surface area contributed by atoms with E-state index < -0.39 is 0 Å². The van der Waals surface area contributed by atoms with Crippen LogP contribution in [-0.2, 0) is 0 Å². The second-order valence-corrected chi connectivity index (χ2v) is 4.40. The van der Waals surface area contributed by atoms with Crippen LogP contribution in [-0.4, -0.2) is 11.5 Å². The molecule has 0 unspecified atom stereocenters. The van der Waals surface area contributed by atoms with E-state index in [0.29, 0.717) is 0 Å². The van der Waals surface area contributed by atoms with Gasteiger partial charge in [-0.1, -0.05) is 24.8 Å². The van der Waals surface area contributed by atoms with Gasteiger partial charge >= 0.3 is 0 Å². The summed E-state index contributed by atoms with van der Waals surface area (Å²) in [6.07, 6.45) is 6.19.